The lowest BCUT2D eigenvalue weighted by atomic mass is 9.92. The molecule has 4 nitrogen and oxygen atoms in total. The fraction of sp³-hybridized carbons (Fsp3) is 0.611. The van der Waals surface area contributed by atoms with Crippen LogP contribution < -0.4 is 10.5 Å². The Balaban J connectivity index is 1.69. The molecule has 2 atom stereocenters. The Morgan fingerprint density at radius 2 is 2.32 bits per heavy atom. The van der Waals surface area contributed by atoms with Crippen molar-refractivity contribution in [3.63, 3.8) is 0 Å². The molecule has 22 heavy (non-hydrogen) atoms. The second kappa shape index (κ2) is 8.18. The van der Waals surface area contributed by atoms with E-state index in [1.54, 1.807) is 0 Å². The van der Waals surface area contributed by atoms with Crippen LogP contribution in [0.4, 0.5) is 0 Å². The maximum atomic E-state index is 12.3. The van der Waals surface area contributed by atoms with Crippen molar-refractivity contribution in [3.8, 4) is 5.75 Å². The summed E-state index contributed by atoms with van der Waals surface area (Å²) in [5, 5.41) is 0. The molecule has 2 unspecified atom stereocenters. The molecule has 0 spiro atoms. The van der Waals surface area contributed by atoms with E-state index < -0.39 is 0 Å². The zero-order chi connectivity index (χ0) is 15.9. The molecule has 1 saturated heterocycles. The summed E-state index contributed by atoms with van der Waals surface area (Å²) in [6.07, 6.45) is 3.51. The van der Waals surface area contributed by atoms with Gasteiger partial charge in [-0.15, -0.1) is 0 Å². The molecule has 4 heteroatoms. The van der Waals surface area contributed by atoms with Crippen LogP contribution in [0.15, 0.2) is 24.3 Å². The summed E-state index contributed by atoms with van der Waals surface area (Å²) in [7, 11) is 0. The van der Waals surface area contributed by atoms with Gasteiger partial charge < -0.3 is 15.4 Å². The molecule has 0 saturated carbocycles. The SMILES string of the molecule is Cc1cccc(OCCCC(=O)N2CCCC(C(C)N)C2)c1. The smallest absolute Gasteiger partial charge is 0.222 e. The summed E-state index contributed by atoms with van der Waals surface area (Å²) in [6, 6.07) is 8.16. The van der Waals surface area contributed by atoms with E-state index in [2.05, 4.69) is 0 Å². The van der Waals surface area contributed by atoms with Crippen LogP contribution in [0.25, 0.3) is 0 Å². The Labute approximate surface area is 133 Å². The Kier molecular flexibility index (Phi) is 6.25. The van der Waals surface area contributed by atoms with Gasteiger partial charge >= 0.3 is 0 Å². The second-order valence-electron chi connectivity index (χ2n) is 6.37. The number of piperidine rings is 1. The molecule has 1 aliphatic heterocycles. The molecular formula is C18H28N2O2. The van der Waals surface area contributed by atoms with Crippen molar-refractivity contribution >= 4 is 5.91 Å². The fourth-order valence-corrected chi connectivity index (χ4v) is 2.94. The Morgan fingerprint density at radius 3 is 3.05 bits per heavy atom. The highest BCUT2D eigenvalue weighted by Crippen LogP contribution is 2.19. The number of hydrogen-bond donors (Lipinski definition) is 1. The van der Waals surface area contributed by atoms with Gasteiger partial charge in [0.1, 0.15) is 5.75 Å². The lowest BCUT2D eigenvalue weighted by Crippen LogP contribution is -2.45. The normalized spacial score (nSPS) is 19.8. The number of nitrogens with two attached hydrogens (primary N) is 1. The topological polar surface area (TPSA) is 55.6 Å². The van der Waals surface area contributed by atoms with E-state index in [-0.39, 0.29) is 11.9 Å². The van der Waals surface area contributed by atoms with Crippen LogP contribution in [0.2, 0.25) is 0 Å². The van der Waals surface area contributed by atoms with Crippen molar-refractivity contribution in [2.45, 2.75) is 45.6 Å². The molecule has 0 bridgehead atoms. The first-order chi connectivity index (χ1) is 10.6. The maximum Gasteiger partial charge on any atom is 0.222 e. The van der Waals surface area contributed by atoms with Gasteiger partial charge in [0.2, 0.25) is 5.91 Å². The Morgan fingerprint density at radius 1 is 1.50 bits per heavy atom. The lowest BCUT2D eigenvalue weighted by Gasteiger charge is -2.34. The summed E-state index contributed by atoms with van der Waals surface area (Å²) in [6.45, 7) is 6.35. The van der Waals surface area contributed by atoms with Crippen LogP contribution in [0.3, 0.4) is 0 Å². The van der Waals surface area contributed by atoms with Gasteiger partial charge in [0.25, 0.3) is 0 Å². The quantitative estimate of drug-likeness (QED) is 0.822. The zero-order valence-electron chi connectivity index (χ0n) is 13.8. The van der Waals surface area contributed by atoms with Gasteiger partial charge in [-0.2, -0.15) is 0 Å². The van der Waals surface area contributed by atoms with Gasteiger partial charge in [-0.3, -0.25) is 4.79 Å². The van der Waals surface area contributed by atoms with E-state index in [1.165, 1.54) is 5.56 Å². The van der Waals surface area contributed by atoms with E-state index in [9.17, 15) is 4.79 Å². The predicted molar refractivity (Wildman–Crippen MR) is 88.9 cm³/mol. The van der Waals surface area contributed by atoms with Crippen LogP contribution in [-0.2, 0) is 4.79 Å². The van der Waals surface area contributed by atoms with Gasteiger partial charge in [-0.05, 0) is 56.7 Å². The van der Waals surface area contributed by atoms with Crippen molar-refractivity contribution < 1.29 is 9.53 Å². The number of hydrogen-bond acceptors (Lipinski definition) is 3. The molecule has 1 aliphatic rings. The maximum absolute atomic E-state index is 12.3. The molecule has 1 aromatic carbocycles. The highest BCUT2D eigenvalue weighted by molar-refractivity contribution is 5.76. The van der Waals surface area contributed by atoms with Gasteiger partial charge in [0, 0.05) is 25.6 Å². The monoisotopic (exact) mass is 304 g/mol. The van der Waals surface area contributed by atoms with Crippen LogP contribution in [0.1, 0.15) is 38.2 Å². The van der Waals surface area contributed by atoms with E-state index in [0.29, 0.717) is 18.9 Å². The molecular weight excluding hydrogens is 276 g/mol. The summed E-state index contributed by atoms with van der Waals surface area (Å²) in [4.78, 5) is 14.2. The average Bonchev–Trinajstić information content (AvgIpc) is 2.51. The first-order valence-corrected chi connectivity index (χ1v) is 8.29. The minimum atomic E-state index is 0.167. The van der Waals surface area contributed by atoms with Gasteiger partial charge in [-0.25, -0.2) is 0 Å². The van der Waals surface area contributed by atoms with E-state index in [4.69, 9.17) is 10.5 Å². The number of benzene rings is 1. The summed E-state index contributed by atoms with van der Waals surface area (Å²) >= 11 is 0. The Bertz CT molecular complexity index is 488. The molecule has 1 aromatic rings. The first kappa shape index (κ1) is 16.8. The molecule has 1 amide bonds. The average molecular weight is 304 g/mol. The molecule has 2 N–H and O–H groups in total. The number of likely N-dealkylation sites (tertiary alicyclic amines) is 1. The number of carbonyl (C=O) groups excluding carboxylic acids is 1. The van der Waals surface area contributed by atoms with Crippen LogP contribution in [0.5, 0.6) is 5.75 Å². The van der Waals surface area contributed by atoms with Crippen LogP contribution >= 0.6 is 0 Å². The molecule has 1 heterocycles. The molecule has 122 valence electrons. The lowest BCUT2D eigenvalue weighted by molar-refractivity contribution is -0.133. The molecule has 0 radical (unpaired) electrons. The van der Waals surface area contributed by atoms with Crippen molar-refractivity contribution in [2.24, 2.45) is 11.7 Å². The van der Waals surface area contributed by atoms with Gasteiger partial charge in [-0.1, -0.05) is 12.1 Å². The second-order valence-corrected chi connectivity index (χ2v) is 6.37. The van der Waals surface area contributed by atoms with Crippen LogP contribution in [0, 0.1) is 12.8 Å². The summed E-state index contributed by atoms with van der Waals surface area (Å²) < 4.78 is 5.69. The number of rotatable bonds is 6. The van der Waals surface area contributed by atoms with Crippen molar-refractivity contribution in [1.29, 1.82) is 0 Å². The highest BCUT2D eigenvalue weighted by atomic mass is 16.5. The number of nitrogens with zero attached hydrogens (tertiary/aromatic N) is 1. The number of carbonyl (C=O) groups is 1. The molecule has 1 fully saturated rings. The van der Waals surface area contributed by atoms with Crippen LogP contribution in [-0.4, -0.2) is 36.5 Å². The molecule has 0 aromatic heterocycles. The van der Waals surface area contributed by atoms with E-state index >= 15 is 0 Å². The molecule has 0 aliphatic carbocycles. The van der Waals surface area contributed by atoms with E-state index in [0.717, 1.165) is 38.1 Å². The summed E-state index contributed by atoms with van der Waals surface area (Å²) in [5.74, 6) is 1.56. The standard InChI is InChI=1S/C18H28N2O2/c1-14-6-3-8-17(12-14)22-11-5-9-18(21)20-10-4-7-16(13-20)15(2)19/h3,6,8,12,15-16H,4-5,7,9-11,13,19H2,1-2H3. The van der Waals surface area contributed by atoms with Crippen molar-refractivity contribution in [1.82, 2.24) is 4.90 Å². The number of aryl methyl sites for hydroxylation is 1. The van der Waals surface area contributed by atoms with Gasteiger partial charge in [0.05, 0.1) is 6.61 Å². The Hall–Kier alpha value is -1.55. The fourth-order valence-electron chi connectivity index (χ4n) is 2.94. The molecule has 2 rings (SSSR count). The zero-order valence-corrected chi connectivity index (χ0v) is 13.8. The third kappa shape index (κ3) is 5.02. The third-order valence-electron chi connectivity index (χ3n) is 4.35. The summed E-state index contributed by atoms with van der Waals surface area (Å²) in [5.41, 5.74) is 7.15. The van der Waals surface area contributed by atoms with Gasteiger partial charge in [0.15, 0.2) is 0 Å². The number of ether oxygens (including phenoxy) is 1. The minimum absolute atomic E-state index is 0.167. The van der Waals surface area contributed by atoms with Crippen molar-refractivity contribution in [2.75, 3.05) is 19.7 Å². The number of amides is 1. The van der Waals surface area contributed by atoms with Crippen molar-refractivity contribution in [3.05, 3.63) is 29.8 Å². The predicted octanol–water partition coefficient (Wildman–Crippen LogP) is 2.74. The first-order valence-electron chi connectivity index (χ1n) is 8.29. The minimum Gasteiger partial charge on any atom is -0.494 e. The largest absolute Gasteiger partial charge is 0.494 e. The third-order valence-corrected chi connectivity index (χ3v) is 4.35. The highest BCUT2D eigenvalue weighted by Gasteiger charge is 2.25. The van der Waals surface area contributed by atoms with E-state index in [1.807, 2.05) is 43.0 Å².